The van der Waals surface area contributed by atoms with Crippen molar-refractivity contribution in [2.75, 3.05) is 17.7 Å². The van der Waals surface area contributed by atoms with Gasteiger partial charge in [-0.05, 0) is 42.3 Å². The van der Waals surface area contributed by atoms with Gasteiger partial charge in [0.1, 0.15) is 11.5 Å². The van der Waals surface area contributed by atoms with Gasteiger partial charge in [0.15, 0.2) is 0 Å². The first-order valence-corrected chi connectivity index (χ1v) is 14.1. The smallest absolute Gasteiger partial charge is 0.305 e. The number of hydrogen-bond donors (Lipinski definition) is 3. The zero-order chi connectivity index (χ0) is 29.6. The number of rotatable bonds is 12. The van der Waals surface area contributed by atoms with E-state index >= 15 is 0 Å². The third-order valence-corrected chi connectivity index (χ3v) is 6.74. The number of aliphatic hydroxyl groups is 2. The van der Waals surface area contributed by atoms with Gasteiger partial charge in [-0.25, -0.2) is 27.8 Å². The summed E-state index contributed by atoms with van der Waals surface area (Å²) in [5, 5.41) is 29.2. The molecule has 0 fully saturated rings. The van der Waals surface area contributed by atoms with Crippen LogP contribution in [0.25, 0.3) is 17.3 Å². The van der Waals surface area contributed by atoms with Crippen LogP contribution in [0.4, 0.5) is 16.0 Å². The van der Waals surface area contributed by atoms with Crippen LogP contribution >= 0.6 is 0 Å². The van der Waals surface area contributed by atoms with Crippen molar-refractivity contribution < 1.29 is 37.7 Å². The average molecular weight is 575 g/mol. The second-order valence-corrected chi connectivity index (χ2v) is 11.1. The fourth-order valence-electron chi connectivity index (χ4n) is 3.98. The standard InChI is InChI=1S/C27H31FN4O7S/c1-16(2)24-21(12-11-19(33)14-20(34)15-23(35)36)25(17-7-9-18(28)10-8-17)31-27(30-24)32(40(4,37)38)22-6-5-13-29-26(22)39-3/h5-13,16,19-20,33-34H,14-15H2,1-4H3,(H,35,36)/b12-11+/t19-,20-/m1/s1. The Kier molecular flexibility index (Phi) is 9.90. The van der Waals surface area contributed by atoms with E-state index in [0.717, 1.165) is 10.6 Å². The number of hydrogen-bond acceptors (Lipinski definition) is 9. The molecule has 0 aliphatic heterocycles. The van der Waals surface area contributed by atoms with E-state index in [0.29, 0.717) is 16.8 Å². The van der Waals surface area contributed by atoms with Gasteiger partial charge < -0.3 is 20.1 Å². The van der Waals surface area contributed by atoms with Crippen molar-refractivity contribution in [3.63, 3.8) is 0 Å². The van der Waals surface area contributed by atoms with E-state index in [9.17, 15) is 27.8 Å². The van der Waals surface area contributed by atoms with Crippen LogP contribution in [0, 0.1) is 5.82 Å². The number of benzene rings is 1. The first kappa shape index (κ1) is 30.6. The van der Waals surface area contributed by atoms with E-state index in [1.54, 1.807) is 0 Å². The molecule has 0 spiro atoms. The van der Waals surface area contributed by atoms with Crippen LogP contribution in [-0.2, 0) is 14.8 Å². The molecule has 11 nitrogen and oxygen atoms in total. The number of aliphatic hydroxyl groups excluding tert-OH is 2. The molecule has 3 aromatic rings. The number of pyridine rings is 1. The second-order valence-electron chi connectivity index (χ2n) is 9.31. The molecular formula is C27H31FN4O7S. The van der Waals surface area contributed by atoms with Gasteiger partial charge in [0.2, 0.25) is 21.9 Å². The summed E-state index contributed by atoms with van der Waals surface area (Å²) in [4.78, 5) is 24.1. The van der Waals surface area contributed by atoms with Crippen LogP contribution in [0.5, 0.6) is 5.88 Å². The highest BCUT2D eigenvalue weighted by Gasteiger charge is 2.29. The first-order valence-electron chi connectivity index (χ1n) is 12.2. The van der Waals surface area contributed by atoms with Gasteiger partial charge in [-0.2, -0.15) is 4.31 Å². The number of carbonyl (C=O) groups is 1. The van der Waals surface area contributed by atoms with E-state index in [1.807, 2.05) is 13.8 Å². The summed E-state index contributed by atoms with van der Waals surface area (Å²) < 4.78 is 46.1. The Morgan fingerprint density at radius 3 is 2.40 bits per heavy atom. The van der Waals surface area contributed by atoms with E-state index in [2.05, 4.69) is 15.0 Å². The third kappa shape index (κ3) is 7.58. The molecule has 0 radical (unpaired) electrons. The van der Waals surface area contributed by atoms with Gasteiger partial charge in [-0.15, -0.1) is 0 Å². The maximum Gasteiger partial charge on any atom is 0.305 e. The summed E-state index contributed by atoms with van der Waals surface area (Å²) >= 11 is 0. The van der Waals surface area contributed by atoms with Crippen molar-refractivity contribution in [3.05, 3.63) is 65.7 Å². The van der Waals surface area contributed by atoms with Crippen LogP contribution in [-0.4, -0.2) is 70.2 Å². The lowest BCUT2D eigenvalue weighted by Crippen LogP contribution is -2.28. The van der Waals surface area contributed by atoms with Crippen molar-refractivity contribution in [3.8, 4) is 17.1 Å². The molecule has 40 heavy (non-hydrogen) atoms. The molecule has 0 amide bonds. The lowest BCUT2D eigenvalue weighted by atomic mass is 9.97. The zero-order valence-corrected chi connectivity index (χ0v) is 23.2. The van der Waals surface area contributed by atoms with Gasteiger partial charge in [0.25, 0.3) is 0 Å². The summed E-state index contributed by atoms with van der Waals surface area (Å²) in [5.74, 6) is -2.13. The lowest BCUT2D eigenvalue weighted by molar-refractivity contribution is -0.139. The summed E-state index contributed by atoms with van der Waals surface area (Å²) in [6, 6.07) is 8.45. The zero-order valence-electron chi connectivity index (χ0n) is 22.4. The number of sulfonamides is 1. The molecule has 0 aliphatic rings. The molecule has 13 heteroatoms. The minimum atomic E-state index is -4.02. The number of ether oxygens (including phenoxy) is 1. The lowest BCUT2D eigenvalue weighted by Gasteiger charge is -2.24. The molecule has 3 N–H and O–H groups in total. The largest absolute Gasteiger partial charge is 0.481 e. The molecule has 0 bridgehead atoms. The van der Waals surface area contributed by atoms with Crippen molar-refractivity contribution >= 4 is 33.7 Å². The molecular weight excluding hydrogens is 543 g/mol. The molecule has 2 heterocycles. The van der Waals surface area contributed by atoms with Gasteiger partial charge in [-0.3, -0.25) is 4.79 Å². The Hall–Kier alpha value is -3.94. The van der Waals surface area contributed by atoms with E-state index in [-0.39, 0.29) is 35.5 Å². The fraction of sp³-hybridized carbons (Fsp3) is 0.333. The highest BCUT2D eigenvalue weighted by atomic mass is 32.2. The minimum absolute atomic E-state index is 0.0259. The molecule has 0 saturated heterocycles. The number of aliphatic carboxylic acids is 1. The van der Waals surface area contributed by atoms with Crippen LogP contribution in [0.15, 0.2) is 48.7 Å². The highest BCUT2D eigenvalue weighted by Crippen LogP contribution is 2.37. The van der Waals surface area contributed by atoms with Crippen LogP contribution < -0.4 is 9.04 Å². The number of methoxy groups -OCH3 is 1. The summed E-state index contributed by atoms with van der Waals surface area (Å²) in [7, 11) is -2.67. The fourth-order valence-corrected chi connectivity index (χ4v) is 4.85. The Bertz CT molecular complexity index is 1480. The molecule has 2 aromatic heterocycles. The Balaban J connectivity index is 2.26. The van der Waals surface area contributed by atoms with Crippen LogP contribution in [0.3, 0.4) is 0 Å². The maximum atomic E-state index is 13.8. The highest BCUT2D eigenvalue weighted by molar-refractivity contribution is 7.92. The summed E-state index contributed by atoms with van der Waals surface area (Å²) in [6.45, 7) is 3.67. The van der Waals surface area contributed by atoms with E-state index in [1.165, 1.54) is 61.9 Å². The molecule has 214 valence electrons. The number of halogens is 1. The van der Waals surface area contributed by atoms with Crippen molar-refractivity contribution in [1.82, 2.24) is 15.0 Å². The maximum absolute atomic E-state index is 13.8. The van der Waals surface area contributed by atoms with Crippen molar-refractivity contribution in [2.24, 2.45) is 0 Å². The van der Waals surface area contributed by atoms with Crippen LogP contribution in [0.2, 0.25) is 0 Å². The molecule has 0 aliphatic carbocycles. The van der Waals surface area contributed by atoms with Crippen molar-refractivity contribution in [2.45, 2.75) is 44.8 Å². The average Bonchev–Trinajstić information content (AvgIpc) is 2.87. The topological polar surface area (TPSA) is 163 Å². The van der Waals surface area contributed by atoms with Gasteiger partial charge in [0.05, 0.1) is 43.4 Å². The van der Waals surface area contributed by atoms with Crippen molar-refractivity contribution in [1.29, 1.82) is 0 Å². The minimum Gasteiger partial charge on any atom is -0.481 e. The summed E-state index contributed by atoms with van der Waals surface area (Å²) in [5.41, 5.74) is 1.61. The quantitative estimate of drug-likeness (QED) is 0.292. The SMILES string of the molecule is COc1ncccc1N(c1nc(-c2ccc(F)cc2)c(/C=C/[C@@H](O)C[C@@H](O)CC(=O)O)c(C(C)C)n1)S(C)(=O)=O. The molecule has 1 aromatic carbocycles. The van der Waals surface area contributed by atoms with Gasteiger partial charge in [-0.1, -0.05) is 26.0 Å². The number of anilines is 2. The van der Waals surface area contributed by atoms with E-state index < -0.39 is 40.4 Å². The van der Waals surface area contributed by atoms with Crippen LogP contribution in [0.1, 0.15) is 43.9 Å². The second kappa shape index (κ2) is 12.9. The molecule has 0 saturated carbocycles. The number of carboxylic acid groups (broad SMARTS) is 1. The van der Waals surface area contributed by atoms with Gasteiger partial charge in [0, 0.05) is 23.7 Å². The van der Waals surface area contributed by atoms with Gasteiger partial charge >= 0.3 is 5.97 Å². The monoisotopic (exact) mass is 574 g/mol. The van der Waals surface area contributed by atoms with E-state index in [4.69, 9.17) is 9.84 Å². The third-order valence-electron chi connectivity index (χ3n) is 5.71. The predicted octanol–water partition coefficient (Wildman–Crippen LogP) is 3.51. The Morgan fingerprint density at radius 1 is 1.15 bits per heavy atom. The molecule has 3 rings (SSSR count). The number of nitrogens with zero attached hydrogens (tertiary/aromatic N) is 4. The first-order chi connectivity index (χ1) is 18.8. The number of carboxylic acids is 1. The Labute approximate surface area is 231 Å². The molecule has 2 atom stereocenters. The Morgan fingerprint density at radius 2 is 1.82 bits per heavy atom. The number of aromatic nitrogens is 3. The predicted molar refractivity (Wildman–Crippen MR) is 147 cm³/mol. The normalized spacial score (nSPS) is 13.4. The summed E-state index contributed by atoms with van der Waals surface area (Å²) in [6.07, 6.45) is 2.08. The molecule has 0 unspecified atom stereocenters.